The van der Waals surface area contributed by atoms with Gasteiger partial charge in [0.2, 0.25) is 5.91 Å². The van der Waals surface area contributed by atoms with Crippen molar-refractivity contribution >= 4 is 43.2 Å². The van der Waals surface area contributed by atoms with Gasteiger partial charge in [0, 0.05) is 28.8 Å². The second kappa shape index (κ2) is 6.22. The van der Waals surface area contributed by atoms with Crippen LogP contribution in [0.2, 0.25) is 0 Å². The molecular formula is C17H17BrN2O3S. The van der Waals surface area contributed by atoms with E-state index in [1.165, 1.54) is 13.0 Å². The zero-order valence-electron chi connectivity index (χ0n) is 13.3. The van der Waals surface area contributed by atoms with Crippen molar-refractivity contribution in [1.82, 2.24) is 0 Å². The molecule has 0 fully saturated rings. The first-order valence-electron chi connectivity index (χ1n) is 7.49. The van der Waals surface area contributed by atoms with E-state index in [4.69, 9.17) is 0 Å². The lowest BCUT2D eigenvalue weighted by Crippen LogP contribution is -2.33. The summed E-state index contributed by atoms with van der Waals surface area (Å²) in [6.45, 7) is 3.47. The number of nitrogens with one attached hydrogen (secondary N) is 1. The molecular weight excluding hydrogens is 392 g/mol. The third-order valence-corrected chi connectivity index (χ3v) is 5.92. The summed E-state index contributed by atoms with van der Waals surface area (Å²) in [7, 11) is -3.67. The van der Waals surface area contributed by atoms with Crippen molar-refractivity contribution in [3.05, 3.63) is 52.5 Å². The summed E-state index contributed by atoms with van der Waals surface area (Å²) < 4.78 is 28.6. The number of carbonyl (C=O) groups excluding carboxylic acids is 1. The van der Waals surface area contributed by atoms with E-state index in [9.17, 15) is 13.2 Å². The summed E-state index contributed by atoms with van der Waals surface area (Å²) in [5.74, 6) is -0.0372. The van der Waals surface area contributed by atoms with Gasteiger partial charge in [0.05, 0.1) is 4.90 Å². The van der Waals surface area contributed by atoms with Crippen molar-refractivity contribution in [2.75, 3.05) is 9.62 Å². The standard InChI is InChI=1S/C17H17BrN2O3S/c1-11-9-13-10-16(7-8-17(13)20(11)12(2)21)24(22,23)19-15-5-3-14(18)4-6-15/h3-8,10-11,19H,9H2,1-2H3. The highest BCUT2D eigenvalue weighted by Crippen LogP contribution is 2.34. The molecule has 1 aliphatic rings. The fourth-order valence-electron chi connectivity index (χ4n) is 2.99. The minimum absolute atomic E-state index is 0.0369. The highest BCUT2D eigenvalue weighted by atomic mass is 79.9. The Morgan fingerprint density at radius 1 is 1.21 bits per heavy atom. The number of fused-ring (bicyclic) bond motifs is 1. The Balaban J connectivity index is 1.92. The molecule has 1 unspecified atom stereocenters. The predicted octanol–water partition coefficient (Wildman–Crippen LogP) is 3.55. The number of benzene rings is 2. The number of carbonyl (C=O) groups is 1. The van der Waals surface area contributed by atoms with Gasteiger partial charge in [-0.1, -0.05) is 15.9 Å². The molecule has 0 radical (unpaired) electrons. The van der Waals surface area contributed by atoms with E-state index in [1.807, 2.05) is 6.92 Å². The first kappa shape index (κ1) is 17.0. The molecule has 5 nitrogen and oxygen atoms in total. The number of hydrogen-bond donors (Lipinski definition) is 1. The molecule has 1 N–H and O–H groups in total. The Labute approximate surface area is 149 Å². The molecule has 0 spiro atoms. The molecule has 1 aliphatic heterocycles. The molecule has 24 heavy (non-hydrogen) atoms. The van der Waals surface area contributed by atoms with Gasteiger partial charge in [0.1, 0.15) is 0 Å². The predicted molar refractivity (Wildman–Crippen MR) is 97.7 cm³/mol. The maximum Gasteiger partial charge on any atom is 0.261 e. The molecule has 0 aromatic heterocycles. The zero-order chi connectivity index (χ0) is 17.5. The first-order valence-corrected chi connectivity index (χ1v) is 9.76. The van der Waals surface area contributed by atoms with E-state index in [0.717, 1.165) is 15.7 Å². The van der Waals surface area contributed by atoms with E-state index in [2.05, 4.69) is 20.7 Å². The second-order valence-corrected chi connectivity index (χ2v) is 8.44. The number of sulfonamides is 1. The van der Waals surface area contributed by atoms with Crippen LogP contribution in [0.4, 0.5) is 11.4 Å². The van der Waals surface area contributed by atoms with Crippen LogP contribution < -0.4 is 9.62 Å². The molecule has 2 aromatic carbocycles. The van der Waals surface area contributed by atoms with Gasteiger partial charge in [0.25, 0.3) is 10.0 Å². The molecule has 0 saturated heterocycles. The largest absolute Gasteiger partial charge is 0.309 e. The Morgan fingerprint density at radius 2 is 1.88 bits per heavy atom. The molecule has 126 valence electrons. The summed E-state index contributed by atoms with van der Waals surface area (Å²) in [5, 5.41) is 0. The van der Waals surface area contributed by atoms with E-state index in [-0.39, 0.29) is 16.8 Å². The van der Waals surface area contributed by atoms with Gasteiger partial charge in [-0.05, 0) is 61.4 Å². The van der Waals surface area contributed by atoms with Crippen LogP contribution in [0.25, 0.3) is 0 Å². The number of anilines is 2. The molecule has 3 rings (SSSR count). The molecule has 0 saturated carbocycles. The van der Waals surface area contributed by atoms with E-state index < -0.39 is 10.0 Å². The number of halogens is 1. The van der Waals surface area contributed by atoms with Gasteiger partial charge in [-0.25, -0.2) is 8.42 Å². The molecule has 0 bridgehead atoms. The van der Waals surface area contributed by atoms with Crippen molar-refractivity contribution in [3.63, 3.8) is 0 Å². The van der Waals surface area contributed by atoms with Gasteiger partial charge < -0.3 is 4.90 Å². The highest BCUT2D eigenvalue weighted by Gasteiger charge is 2.30. The SMILES string of the molecule is CC(=O)N1c2ccc(S(=O)(=O)Nc3ccc(Br)cc3)cc2CC1C. The summed E-state index contributed by atoms with van der Waals surface area (Å²) in [4.78, 5) is 13.7. The van der Waals surface area contributed by atoms with Crippen LogP contribution in [-0.4, -0.2) is 20.4 Å². The highest BCUT2D eigenvalue weighted by molar-refractivity contribution is 9.10. The first-order chi connectivity index (χ1) is 11.3. The monoisotopic (exact) mass is 408 g/mol. The van der Waals surface area contributed by atoms with Crippen molar-refractivity contribution in [1.29, 1.82) is 0 Å². The molecule has 1 amide bonds. The minimum Gasteiger partial charge on any atom is -0.309 e. The second-order valence-electron chi connectivity index (χ2n) is 5.85. The van der Waals surface area contributed by atoms with Crippen LogP contribution in [0, 0.1) is 0 Å². The minimum atomic E-state index is -3.67. The summed E-state index contributed by atoms with van der Waals surface area (Å²) in [6, 6.07) is 11.8. The van der Waals surface area contributed by atoms with Gasteiger partial charge in [-0.3, -0.25) is 9.52 Å². The Hall–Kier alpha value is -1.86. The Kier molecular flexibility index (Phi) is 4.40. The Bertz CT molecular complexity index is 895. The fourth-order valence-corrected chi connectivity index (χ4v) is 4.36. The number of hydrogen-bond acceptors (Lipinski definition) is 3. The summed E-state index contributed by atoms with van der Waals surface area (Å²) in [5.41, 5.74) is 2.16. The topological polar surface area (TPSA) is 66.5 Å². The summed E-state index contributed by atoms with van der Waals surface area (Å²) >= 11 is 3.32. The molecule has 0 aliphatic carbocycles. The zero-order valence-corrected chi connectivity index (χ0v) is 15.7. The van der Waals surface area contributed by atoms with Crippen LogP contribution in [0.1, 0.15) is 19.4 Å². The van der Waals surface area contributed by atoms with Crippen molar-refractivity contribution < 1.29 is 13.2 Å². The lowest BCUT2D eigenvalue weighted by atomic mass is 10.1. The van der Waals surface area contributed by atoms with E-state index in [0.29, 0.717) is 12.1 Å². The average molecular weight is 409 g/mol. The van der Waals surface area contributed by atoms with Crippen molar-refractivity contribution in [2.45, 2.75) is 31.2 Å². The van der Waals surface area contributed by atoms with Crippen molar-refractivity contribution in [3.8, 4) is 0 Å². The van der Waals surface area contributed by atoms with Crippen LogP contribution in [0.5, 0.6) is 0 Å². The number of amides is 1. The van der Waals surface area contributed by atoms with Crippen LogP contribution in [-0.2, 0) is 21.2 Å². The smallest absolute Gasteiger partial charge is 0.261 e. The van der Waals surface area contributed by atoms with Crippen LogP contribution >= 0.6 is 15.9 Å². The lowest BCUT2D eigenvalue weighted by molar-refractivity contribution is -0.116. The Morgan fingerprint density at radius 3 is 2.50 bits per heavy atom. The molecule has 1 atom stereocenters. The van der Waals surface area contributed by atoms with Gasteiger partial charge in [-0.2, -0.15) is 0 Å². The quantitative estimate of drug-likeness (QED) is 0.843. The van der Waals surface area contributed by atoms with Crippen LogP contribution in [0.3, 0.4) is 0 Å². The van der Waals surface area contributed by atoms with Gasteiger partial charge in [-0.15, -0.1) is 0 Å². The van der Waals surface area contributed by atoms with Crippen molar-refractivity contribution in [2.24, 2.45) is 0 Å². The van der Waals surface area contributed by atoms with E-state index in [1.54, 1.807) is 41.3 Å². The third-order valence-electron chi connectivity index (χ3n) is 4.01. The van der Waals surface area contributed by atoms with Gasteiger partial charge in [0.15, 0.2) is 0 Å². The molecule has 7 heteroatoms. The maximum atomic E-state index is 12.6. The molecule has 2 aromatic rings. The van der Waals surface area contributed by atoms with Crippen LogP contribution in [0.15, 0.2) is 51.8 Å². The van der Waals surface area contributed by atoms with E-state index >= 15 is 0 Å². The molecule has 1 heterocycles. The average Bonchev–Trinajstić information content (AvgIpc) is 2.84. The normalized spacial score (nSPS) is 16.8. The number of nitrogens with zero attached hydrogens (tertiary/aromatic N) is 1. The third kappa shape index (κ3) is 3.18. The lowest BCUT2D eigenvalue weighted by Gasteiger charge is -2.20. The fraction of sp³-hybridized carbons (Fsp3) is 0.235. The maximum absolute atomic E-state index is 12.6. The summed E-state index contributed by atoms with van der Waals surface area (Å²) in [6.07, 6.45) is 0.649. The van der Waals surface area contributed by atoms with Gasteiger partial charge >= 0.3 is 0 Å². The number of rotatable bonds is 3.